The second-order valence-electron chi connectivity index (χ2n) is 4.63. The van der Waals surface area contributed by atoms with Crippen molar-refractivity contribution in [3.05, 3.63) is 55.2 Å². The van der Waals surface area contributed by atoms with Crippen molar-refractivity contribution in [1.29, 1.82) is 0 Å². The van der Waals surface area contributed by atoms with Crippen molar-refractivity contribution in [2.75, 3.05) is 13.7 Å². The molecule has 2 rings (SSSR count). The summed E-state index contributed by atoms with van der Waals surface area (Å²) in [5.41, 5.74) is 0.125. The standard InChI is InChI=1S/C15H12Cl3NO3S/c1-19(7-9-5-6-12(17)23-9)13(20)8-22-15(21)10-3-2-4-11(16)14(10)18/h2-6H,7-8H2,1H3. The maximum Gasteiger partial charge on any atom is 0.340 e. The van der Waals surface area contributed by atoms with E-state index in [1.165, 1.54) is 22.3 Å². The topological polar surface area (TPSA) is 46.6 Å². The average Bonchev–Trinajstić information content (AvgIpc) is 2.92. The third kappa shape index (κ3) is 4.85. The predicted octanol–water partition coefficient (Wildman–Crippen LogP) is 4.52. The molecule has 4 nitrogen and oxygen atoms in total. The number of carbonyl (C=O) groups excluding carboxylic acids is 2. The van der Waals surface area contributed by atoms with Crippen LogP contribution in [0.1, 0.15) is 15.2 Å². The van der Waals surface area contributed by atoms with Gasteiger partial charge in [-0.15, -0.1) is 11.3 Å². The average molecular weight is 393 g/mol. The predicted molar refractivity (Wildman–Crippen MR) is 92.5 cm³/mol. The molecule has 0 aliphatic carbocycles. The van der Waals surface area contributed by atoms with E-state index in [1.54, 1.807) is 25.2 Å². The molecule has 2 aromatic rings. The highest BCUT2D eigenvalue weighted by molar-refractivity contribution is 7.16. The summed E-state index contributed by atoms with van der Waals surface area (Å²) in [5, 5.41) is 0.354. The van der Waals surface area contributed by atoms with Crippen molar-refractivity contribution < 1.29 is 14.3 Å². The Hall–Kier alpha value is -1.27. The Bertz CT molecular complexity index is 733. The number of benzene rings is 1. The van der Waals surface area contributed by atoms with Gasteiger partial charge in [0.2, 0.25) is 0 Å². The minimum Gasteiger partial charge on any atom is -0.452 e. The number of nitrogens with zero attached hydrogens (tertiary/aromatic N) is 1. The van der Waals surface area contributed by atoms with Crippen LogP contribution in [0.15, 0.2) is 30.3 Å². The maximum absolute atomic E-state index is 12.0. The molecule has 1 aromatic heterocycles. The number of ether oxygens (including phenoxy) is 1. The van der Waals surface area contributed by atoms with E-state index in [0.29, 0.717) is 10.9 Å². The van der Waals surface area contributed by atoms with Gasteiger partial charge in [-0.25, -0.2) is 4.79 Å². The van der Waals surface area contributed by atoms with Crippen LogP contribution in [0.3, 0.4) is 0 Å². The largest absolute Gasteiger partial charge is 0.452 e. The number of thiophene rings is 1. The lowest BCUT2D eigenvalue weighted by molar-refractivity contribution is -0.133. The van der Waals surface area contributed by atoms with Crippen LogP contribution in [-0.4, -0.2) is 30.4 Å². The molecular formula is C15H12Cl3NO3S. The summed E-state index contributed by atoms with van der Waals surface area (Å²) in [4.78, 5) is 26.4. The van der Waals surface area contributed by atoms with Gasteiger partial charge in [0.25, 0.3) is 5.91 Å². The molecule has 1 aromatic carbocycles. The second kappa shape index (κ2) is 8.02. The molecule has 0 spiro atoms. The van der Waals surface area contributed by atoms with Crippen molar-refractivity contribution in [3.8, 4) is 0 Å². The summed E-state index contributed by atoms with van der Waals surface area (Å²) < 4.78 is 5.65. The van der Waals surface area contributed by atoms with E-state index in [0.717, 1.165) is 4.88 Å². The fraction of sp³-hybridized carbons (Fsp3) is 0.200. The number of rotatable bonds is 5. The van der Waals surface area contributed by atoms with E-state index in [4.69, 9.17) is 39.5 Å². The summed E-state index contributed by atoms with van der Waals surface area (Å²) in [7, 11) is 1.62. The lowest BCUT2D eigenvalue weighted by Crippen LogP contribution is -2.30. The fourth-order valence-electron chi connectivity index (χ4n) is 1.74. The zero-order valence-electron chi connectivity index (χ0n) is 12.0. The van der Waals surface area contributed by atoms with Gasteiger partial charge >= 0.3 is 5.97 Å². The minimum absolute atomic E-state index is 0.105. The molecule has 0 N–H and O–H groups in total. The van der Waals surface area contributed by atoms with Crippen LogP contribution in [0, 0.1) is 0 Å². The van der Waals surface area contributed by atoms with Gasteiger partial charge < -0.3 is 9.64 Å². The highest BCUT2D eigenvalue weighted by atomic mass is 35.5. The highest BCUT2D eigenvalue weighted by Gasteiger charge is 2.17. The Morgan fingerprint density at radius 1 is 1.17 bits per heavy atom. The van der Waals surface area contributed by atoms with Crippen LogP contribution in [0.5, 0.6) is 0 Å². The van der Waals surface area contributed by atoms with E-state index in [9.17, 15) is 9.59 Å². The fourth-order valence-corrected chi connectivity index (χ4v) is 3.25. The Kier molecular flexibility index (Phi) is 6.30. The van der Waals surface area contributed by atoms with Gasteiger partial charge in [-0.2, -0.15) is 0 Å². The number of likely N-dealkylation sites (N-methyl/N-ethyl adjacent to an activating group) is 1. The molecule has 8 heteroatoms. The zero-order chi connectivity index (χ0) is 17.0. The number of hydrogen-bond donors (Lipinski definition) is 0. The first-order valence-corrected chi connectivity index (χ1v) is 8.43. The Balaban J connectivity index is 1.90. The van der Waals surface area contributed by atoms with Crippen molar-refractivity contribution in [2.45, 2.75) is 6.54 Å². The highest BCUT2D eigenvalue weighted by Crippen LogP contribution is 2.26. The van der Waals surface area contributed by atoms with E-state index in [1.807, 2.05) is 6.07 Å². The molecule has 0 bridgehead atoms. The van der Waals surface area contributed by atoms with Gasteiger partial charge in [0.15, 0.2) is 6.61 Å². The first-order chi connectivity index (χ1) is 10.9. The third-order valence-electron chi connectivity index (χ3n) is 2.95. The molecule has 1 heterocycles. The molecule has 0 unspecified atom stereocenters. The van der Waals surface area contributed by atoms with E-state index in [-0.39, 0.29) is 28.1 Å². The smallest absolute Gasteiger partial charge is 0.340 e. The molecule has 23 heavy (non-hydrogen) atoms. The van der Waals surface area contributed by atoms with Gasteiger partial charge in [-0.05, 0) is 24.3 Å². The second-order valence-corrected chi connectivity index (χ2v) is 7.22. The molecule has 122 valence electrons. The van der Waals surface area contributed by atoms with Crippen molar-refractivity contribution in [1.82, 2.24) is 4.90 Å². The molecule has 0 aliphatic heterocycles. The first kappa shape index (κ1) is 18.1. The van der Waals surface area contributed by atoms with E-state index >= 15 is 0 Å². The van der Waals surface area contributed by atoms with Crippen molar-refractivity contribution >= 4 is 58.0 Å². The van der Waals surface area contributed by atoms with Crippen LogP contribution in [0.25, 0.3) is 0 Å². The van der Waals surface area contributed by atoms with Gasteiger partial charge in [0, 0.05) is 11.9 Å². The van der Waals surface area contributed by atoms with Crippen molar-refractivity contribution in [3.63, 3.8) is 0 Å². The number of hydrogen-bond acceptors (Lipinski definition) is 4. The van der Waals surface area contributed by atoms with E-state index in [2.05, 4.69) is 0 Å². The lowest BCUT2D eigenvalue weighted by Gasteiger charge is -2.16. The quantitative estimate of drug-likeness (QED) is 0.703. The van der Waals surface area contributed by atoms with Crippen LogP contribution in [-0.2, 0) is 16.1 Å². The number of esters is 1. The molecular weight excluding hydrogens is 381 g/mol. The Morgan fingerprint density at radius 2 is 1.91 bits per heavy atom. The van der Waals surface area contributed by atoms with Crippen LogP contribution in [0.2, 0.25) is 14.4 Å². The Morgan fingerprint density at radius 3 is 2.57 bits per heavy atom. The first-order valence-electron chi connectivity index (χ1n) is 6.48. The van der Waals surface area contributed by atoms with Gasteiger partial charge in [-0.1, -0.05) is 40.9 Å². The SMILES string of the molecule is CN(Cc1ccc(Cl)s1)C(=O)COC(=O)c1cccc(Cl)c1Cl. The number of halogens is 3. The molecule has 0 aliphatic rings. The van der Waals surface area contributed by atoms with Gasteiger partial charge in [0.1, 0.15) is 0 Å². The lowest BCUT2D eigenvalue weighted by atomic mass is 10.2. The maximum atomic E-state index is 12.0. The Labute approximate surface area is 152 Å². The van der Waals surface area contributed by atoms with Crippen LogP contribution < -0.4 is 0 Å². The monoisotopic (exact) mass is 391 g/mol. The van der Waals surface area contributed by atoms with Gasteiger partial charge in [-0.3, -0.25) is 4.79 Å². The van der Waals surface area contributed by atoms with E-state index < -0.39 is 5.97 Å². The zero-order valence-corrected chi connectivity index (χ0v) is 15.1. The molecule has 0 saturated heterocycles. The number of carbonyl (C=O) groups is 2. The normalized spacial score (nSPS) is 10.4. The molecule has 1 amide bonds. The van der Waals surface area contributed by atoms with Crippen LogP contribution in [0.4, 0.5) is 0 Å². The summed E-state index contributed by atoms with van der Waals surface area (Å²) in [6.45, 7) is 0.0168. The molecule has 0 saturated carbocycles. The molecule has 0 fully saturated rings. The number of amides is 1. The molecule has 0 atom stereocenters. The summed E-state index contributed by atoms with van der Waals surface area (Å²) in [6, 6.07) is 8.24. The third-order valence-corrected chi connectivity index (χ3v) is 4.98. The van der Waals surface area contributed by atoms with Crippen LogP contribution >= 0.6 is 46.1 Å². The summed E-state index contributed by atoms with van der Waals surface area (Å²) in [6.07, 6.45) is 0. The minimum atomic E-state index is -0.696. The summed E-state index contributed by atoms with van der Waals surface area (Å²) >= 11 is 19.0. The molecule has 0 radical (unpaired) electrons. The summed E-state index contributed by atoms with van der Waals surface area (Å²) in [5.74, 6) is -1.03. The van der Waals surface area contributed by atoms with Crippen molar-refractivity contribution in [2.24, 2.45) is 0 Å². The van der Waals surface area contributed by atoms with Gasteiger partial charge in [0.05, 0.1) is 26.5 Å².